The summed E-state index contributed by atoms with van der Waals surface area (Å²) in [6, 6.07) is -0.289. The van der Waals surface area contributed by atoms with Crippen LogP contribution in [0.3, 0.4) is 0 Å². The van der Waals surface area contributed by atoms with Gasteiger partial charge in [-0.25, -0.2) is 0 Å². The summed E-state index contributed by atoms with van der Waals surface area (Å²) in [6.45, 7) is 8.36. The van der Waals surface area contributed by atoms with Crippen LogP contribution in [-0.2, 0) is 23.9 Å². The Labute approximate surface area is 171 Å². The van der Waals surface area contributed by atoms with E-state index in [4.69, 9.17) is 4.74 Å². The van der Waals surface area contributed by atoms with Gasteiger partial charge in [-0.1, -0.05) is 20.8 Å². The average Bonchev–Trinajstić information content (AvgIpc) is 2.62. The molecule has 10 heteroatoms. The fourth-order valence-corrected chi connectivity index (χ4v) is 2.96. The van der Waals surface area contributed by atoms with Gasteiger partial charge >= 0.3 is 13.2 Å². The second kappa shape index (κ2) is 11.4. The van der Waals surface area contributed by atoms with E-state index in [1.165, 1.54) is 6.92 Å². The van der Waals surface area contributed by atoms with Gasteiger partial charge in [0.05, 0.1) is 12.6 Å². The molecule has 1 rings (SSSR count). The van der Waals surface area contributed by atoms with Crippen LogP contribution in [0.2, 0.25) is 0 Å². The number of carbonyl (C=O) groups is 4. The maximum Gasteiger partial charge on any atom is 0.608 e. The minimum atomic E-state index is -2.96. The monoisotopic (exact) mass is 416 g/mol. The Kier molecular flexibility index (Phi) is 9.89. The van der Waals surface area contributed by atoms with Crippen molar-refractivity contribution < 1.29 is 32.5 Å². The molecule has 1 amide bonds. The van der Waals surface area contributed by atoms with Gasteiger partial charge in [-0.2, -0.15) is 0 Å². The zero-order valence-electron chi connectivity index (χ0n) is 17.7. The lowest BCUT2D eigenvalue weighted by Crippen LogP contribution is -2.58. The molecular weight excluding hydrogens is 385 g/mol. The molecule has 0 saturated carbocycles. The fourth-order valence-electron chi connectivity index (χ4n) is 2.96. The molecule has 0 N–H and O–H groups in total. The smallest absolute Gasteiger partial charge is 0.464 e. The number of nitrogens with zero attached hydrogens (tertiary/aromatic N) is 2. The maximum atomic E-state index is 12.4. The molecule has 1 aliphatic heterocycles. The summed E-state index contributed by atoms with van der Waals surface area (Å²) < 4.78 is 29.5. The van der Waals surface area contributed by atoms with Crippen molar-refractivity contribution in [2.45, 2.75) is 59.4 Å². The number of halogens is 2. The fraction of sp³-hybridized carbons (Fsp3) is 0.789. The van der Waals surface area contributed by atoms with Gasteiger partial charge < -0.3 is 14.4 Å². The van der Waals surface area contributed by atoms with E-state index >= 15 is 0 Å². The van der Waals surface area contributed by atoms with Crippen LogP contribution in [0, 0.1) is 5.41 Å². The third kappa shape index (κ3) is 9.02. The van der Waals surface area contributed by atoms with E-state index in [2.05, 4.69) is 0 Å². The number of unbranched alkanes of at least 4 members (excludes halogenated alkanes) is 1. The third-order valence-corrected chi connectivity index (χ3v) is 4.93. The van der Waals surface area contributed by atoms with Crippen molar-refractivity contribution in [1.29, 1.82) is 0 Å². The first kappa shape index (κ1) is 25.2. The van der Waals surface area contributed by atoms with E-state index in [9.17, 15) is 27.8 Å². The Balaban J connectivity index is 2.60. The molecule has 1 saturated heterocycles. The number of rotatable bonds is 10. The summed E-state index contributed by atoms with van der Waals surface area (Å²) in [6.07, 6.45) is 0.529. The van der Waals surface area contributed by atoms with Crippen LogP contribution in [0.1, 0.15) is 53.4 Å². The van der Waals surface area contributed by atoms with E-state index < -0.39 is 24.3 Å². The first-order chi connectivity index (χ1) is 13.4. The molecule has 0 radical (unpaired) electrons. The van der Waals surface area contributed by atoms with Crippen LogP contribution in [0.25, 0.3) is 0 Å². The van der Waals surface area contributed by atoms with E-state index in [0.717, 1.165) is 0 Å². The molecular formula is C19H31BF2N2O5. The molecule has 0 aliphatic carbocycles. The van der Waals surface area contributed by atoms with Crippen molar-refractivity contribution in [3.63, 3.8) is 0 Å². The molecule has 0 aromatic heterocycles. The molecule has 1 fully saturated rings. The first-order valence-corrected chi connectivity index (χ1v) is 9.91. The van der Waals surface area contributed by atoms with Crippen LogP contribution >= 0.6 is 0 Å². The summed E-state index contributed by atoms with van der Waals surface area (Å²) in [5.74, 6) is -0.503. The van der Waals surface area contributed by atoms with Crippen molar-refractivity contribution in [2.24, 2.45) is 5.41 Å². The quantitative estimate of drug-likeness (QED) is 0.307. The molecule has 7 nitrogen and oxygen atoms in total. The number of Topliss-reactive ketones (excluding diaryl/α,β-unsaturated/α-hetero) is 1. The Bertz CT molecular complexity index is 610. The van der Waals surface area contributed by atoms with Crippen molar-refractivity contribution in [3.05, 3.63) is 0 Å². The van der Waals surface area contributed by atoms with Crippen molar-refractivity contribution in [2.75, 3.05) is 32.8 Å². The molecule has 0 aromatic carbocycles. The molecule has 0 bridgehead atoms. The summed E-state index contributed by atoms with van der Waals surface area (Å²) in [5.41, 5.74) is -1.59. The van der Waals surface area contributed by atoms with Crippen LogP contribution in [0.4, 0.5) is 8.63 Å². The Morgan fingerprint density at radius 1 is 1.07 bits per heavy atom. The molecule has 1 unspecified atom stereocenters. The Morgan fingerprint density at radius 3 is 2.24 bits per heavy atom. The minimum absolute atomic E-state index is 0.0637. The van der Waals surface area contributed by atoms with E-state index in [-0.39, 0.29) is 50.1 Å². The summed E-state index contributed by atoms with van der Waals surface area (Å²) >= 11 is 0. The number of esters is 1. The number of amides is 1. The van der Waals surface area contributed by atoms with Crippen LogP contribution in [0.5, 0.6) is 0 Å². The molecule has 1 aliphatic rings. The van der Waals surface area contributed by atoms with Gasteiger partial charge in [0.15, 0.2) is 11.5 Å². The lowest BCUT2D eigenvalue weighted by Gasteiger charge is -2.41. The topological polar surface area (TPSA) is 84.0 Å². The lowest BCUT2D eigenvalue weighted by molar-refractivity contribution is -0.145. The number of ketones is 1. The summed E-state index contributed by atoms with van der Waals surface area (Å²) in [5, 5.41) is 0. The zero-order valence-corrected chi connectivity index (χ0v) is 17.7. The van der Waals surface area contributed by atoms with Crippen molar-refractivity contribution in [3.8, 4) is 0 Å². The SMILES string of the molecule is CC(=O)OCC1CN(C(=O)CCCCC(=O)B(F)F)CCN1CC(=O)C(C)(C)C. The number of piperazine rings is 1. The molecule has 0 aromatic rings. The predicted octanol–water partition coefficient (Wildman–Crippen LogP) is 1.77. The predicted molar refractivity (Wildman–Crippen MR) is 104 cm³/mol. The summed E-state index contributed by atoms with van der Waals surface area (Å²) in [4.78, 5) is 50.6. The highest BCUT2D eigenvalue weighted by Crippen LogP contribution is 2.19. The van der Waals surface area contributed by atoms with Gasteiger partial charge in [0.25, 0.3) is 0 Å². The van der Waals surface area contributed by atoms with Crippen molar-refractivity contribution >= 4 is 30.6 Å². The Morgan fingerprint density at radius 2 is 1.69 bits per heavy atom. The Hall–Kier alpha value is -1.84. The number of hydrogen-bond acceptors (Lipinski definition) is 6. The highest BCUT2D eigenvalue weighted by Gasteiger charge is 2.33. The van der Waals surface area contributed by atoms with Crippen LogP contribution < -0.4 is 0 Å². The van der Waals surface area contributed by atoms with Gasteiger partial charge in [-0.3, -0.25) is 27.9 Å². The van der Waals surface area contributed by atoms with Crippen molar-refractivity contribution in [1.82, 2.24) is 9.80 Å². The lowest BCUT2D eigenvalue weighted by atomic mass is 9.87. The van der Waals surface area contributed by atoms with E-state index in [1.807, 2.05) is 25.7 Å². The zero-order chi connectivity index (χ0) is 22.2. The number of carbonyl (C=O) groups excluding carboxylic acids is 4. The third-order valence-electron chi connectivity index (χ3n) is 4.93. The van der Waals surface area contributed by atoms with Crippen LogP contribution in [0.15, 0.2) is 0 Å². The number of hydrogen-bond donors (Lipinski definition) is 0. The standard InChI is InChI=1S/C19H31BF2N2O5/c1-14(25)29-13-15-11-24(10-9-23(15)12-16(26)19(2,3)4)18(28)8-6-5-7-17(27)20(21)22/h15H,5-13H2,1-4H3. The number of ether oxygens (including phenoxy) is 1. The summed E-state index contributed by atoms with van der Waals surface area (Å²) in [7, 11) is -2.96. The van der Waals surface area contributed by atoms with Gasteiger partial charge in [0.1, 0.15) is 6.61 Å². The molecule has 1 atom stereocenters. The first-order valence-electron chi connectivity index (χ1n) is 9.91. The molecule has 164 valence electrons. The molecule has 1 heterocycles. The highest BCUT2D eigenvalue weighted by molar-refractivity contribution is 6.79. The normalized spacial score (nSPS) is 17.7. The minimum Gasteiger partial charge on any atom is -0.464 e. The molecule has 0 spiro atoms. The average molecular weight is 416 g/mol. The second-order valence-corrected chi connectivity index (χ2v) is 8.41. The van der Waals surface area contributed by atoms with Gasteiger partial charge in [-0.15, -0.1) is 0 Å². The van der Waals surface area contributed by atoms with E-state index in [0.29, 0.717) is 26.1 Å². The van der Waals surface area contributed by atoms with Gasteiger partial charge in [-0.05, 0) is 12.8 Å². The second-order valence-electron chi connectivity index (χ2n) is 8.41. The van der Waals surface area contributed by atoms with Gasteiger partial charge in [0, 0.05) is 44.8 Å². The van der Waals surface area contributed by atoms with Gasteiger partial charge in [0.2, 0.25) is 5.91 Å². The largest absolute Gasteiger partial charge is 0.608 e. The molecule has 29 heavy (non-hydrogen) atoms. The van der Waals surface area contributed by atoms with E-state index in [1.54, 1.807) is 4.90 Å². The highest BCUT2D eigenvalue weighted by atomic mass is 19.2. The van der Waals surface area contributed by atoms with Crippen LogP contribution in [-0.4, -0.2) is 79.2 Å². The maximum absolute atomic E-state index is 12.4.